The molecule has 1 fully saturated rings. The molecule has 128 valence electrons. The monoisotopic (exact) mass is 346 g/mol. The number of benzene rings is 1. The van der Waals surface area contributed by atoms with Crippen LogP contribution in [0.15, 0.2) is 24.3 Å². The number of hydrogen-bond donors (Lipinski definition) is 3. The highest BCUT2D eigenvalue weighted by atomic mass is 32.1. The molecule has 0 saturated heterocycles. The second-order valence-electron chi connectivity index (χ2n) is 5.94. The summed E-state index contributed by atoms with van der Waals surface area (Å²) in [4.78, 5) is 11.8. The van der Waals surface area contributed by atoms with Crippen molar-refractivity contribution in [1.82, 2.24) is 16.2 Å². The molecule has 1 aliphatic carbocycles. The lowest BCUT2D eigenvalue weighted by molar-refractivity contribution is -0.123. The number of hydrazine groups is 1. The average Bonchev–Trinajstić information content (AvgIpc) is 2.60. The molecule has 0 unspecified atom stereocenters. The maximum Gasteiger partial charge on any atom is 0.276 e. The topological polar surface area (TPSA) is 86.2 Å². The second-order valence-corrected chi connectivity index (χ2v) is 6.35. The molecule has 0 aromatic heterocycles. The van der Waals surface area contributed by atoms with Gasteiger partial charge >= 0.3 is 0 Å². The van der Waals surface area contributed by atoms with E-state index in [9.17, 15) is 4.79 Å². The van der Waals surface area contributed by atoms with Gasteiger partial charge in [-0.2, -0.15) is 5.26 Å². The van der Waals surface area contributed by atoms with Gasteiger partial charge in [-0.3, -0.25) is 15.6 Å². The van der Waals surface area contributed by atoms with Crippen molar-refractivity contribution in [3.8, 4) is 11.8 Å². The van der Waals surface area contributed by atoms with E-state index in [4.69, 9.17) is 22.2 Å². The molecule has 2 rings (SSSR count). The summed E-state index contributed by atoms with van der Waals surface area (Å²) in [5.74, 6) is 0.773. The molecule has 0 bridgehead atoms. The first-order valence-corrected chi connectivity index (χ1v) is 8.47. The first kappa shape index (κ1) is 18.0. The Balaban J connectivity index is 1.66. The van der Waals surface area contributed by atoms with Crippen molar-refractivity contribution in [1.29, 1.82) is 5.26 Å². The first-order chi connectivity index (χ1) is 11.6. The zero-order valence-corrected chi connectivity index (χ0v) is 14.5. The number of thiocarbonyl (C=S) groups is 1. The first-order valence-electron chi connectivity index (χ1n) is 8.07. The molecule has 1 saturated carbocycles. The highest BCUT2D eigenvalue weighted by Crippen LogP contribution is 2.23. The lowest BCUT2D eigenvalue weighted by Gasteiger charge is -2.30. The van der Waals surface area contributed by atoms with Crippen LogP contribution in [0.4, 0.5) is 0 Å². The number of nitriles is 1. The molecular formula is C17H22N4O2S. The fourth-order valence-corrected chi connectivity index (χ4v) is 2.87. The highest BCUT2D eigenvalue weighted by molar-refractivity contribution is 7.80. The third kappa shape index (κ3) is 5.70. The van der Waals surface area contributed by atoms with Crippen molar-refractivity contribution in [3.05, 3.63) is 29.8 Å². The number of nitrogens with one attached hydrogen (secondary N) is 3. The Morgan fingerprint density at radius 3 is 2.67 bits per heavy atom. The molecule has 0 radical (unpaired) electrons. The van der Waals surface area contributed by atoms with Gasteiger partial charge in [0.05, 0.1) is 11.6 Å². The third-order valence-electron chi connectivity index (χ3n) is 4.10. The molecule has 0 heterocycles. The summed E-state index contributed by atoms with van der Waals surface area (Å²) in [6.07, 6.45) is 4.77. The molecule has 1 amide bonds. The predicted molar refractivity (Wildman–Crippen MR) is 95.1 cm³/mol. The molecule has 7 heteroatoms. The van der Waals surface area contributed by atoms with Crippen molar-refractivity contribution in [2.75, 3.05) is 6.61 Å². The van der Waals surface area contributed by atoms with Crippen molar-refractivity contribution < 1.29 is 9.53 Å². The summed E-state index contributed by atoms with van der Waals surface area (Å²) in [6.45, 7) is 2.07. The van der Waals surface area contributed by atoms with Crippen molar-refractivity contribution in [2.24, 2.45) is 5.92 Å². The van der Waals surface area contributed by atoms with E-state index < -0.39 is 0 Å². The van der Waals surface area contributed by atoms with E-state index in [1.165, 1.54) is 19.3 Å². The average molecular weight is 346 g/mol. The van der Waals surface area contributed by atoms with Crippen LogP contribution in [-0.4, -0.2) is 23.7 Å². The molecule has 3 N–H and O–H groups in total. The van der Waals surface area contributed by atoms with Gasteiger partial charge in [0.2, 0.25) is 0 Å². The molecule has 1 aromatic rings. The number of amides is 1. The molecule has 1 aliphatic rings. The van der Waals surface area contributed by atoms with Crippen molar-refractivity contribution >= 4 is 23.2 Å². The van der Waals surface area contributed by atoms with Crippen molar-refractivity contribution in [2.45, 2.75) is 38.6 Å². The minimum atomic E-state index is -0.333. The van der Waals surface area contributed by atoms with Gasteiger partial charge in [-0.05, 0) is 55.2 Å². The molecule has 1 aromatic carbocycles. The molecule has 0 aliphatic heterocycles. The molecule has 2 atom stereocenters. The number of carbonyl (C=O) groups is 1. The highest BCUT2D eigenvalue weighted by Gasteiger charge is 2.21. The standard InChI is InChI=1S/C17H22N4O2S/c1-12-4-2-3-5-15(12)19-17(24)21-20-16(22)11-23-14-8-6-13(10-18)7-9-14/h6-9,12,15H,2-5,11H2,1H3,(H,20,22)(H2,19,21,24)/t12-,15-/m0/s1. The Morgan fingerprint density at radius 2 is 2.00 bits per heavy atom. The minimum Gasteiger partial charge on any atom is -0.484 e. The van der Waals surface area contributed by atoms with Gasteiger partial charge in [0.25, 0.3) is 5.91 Å². The van der Waals surface area contributed by atoms with E-state index in [1.54, 1.807) is 24.3 Å². The summed E-state index contributed by atoms with van der Waals surface area (Å²) in [7, 11) is 0. The molecular weight excluding hydrogens is 324 g/mol. The Morgan fingerprint density at radius 1 is 1.29 bits per heavy atom. The summed E-state index contributed by atoms with van der Waals surface area (Å²) in [6, 6.07) is 8.94. The van der Waals surface area contributed by atoms with Crippen LogP contribution in [0.1, 0.15) is 38.2 Å². The van der Waals surface area contributed by atoms with Crippen LogP contribution in [0.25, 0.3) is 0 Å². The van der Waals surface area contributed by atoms with Crippen LogP contribution in [0.3, 0.4) is 0 Å². The smallest absolute Gasteiger partial charge is 0.276 e. The van der Waals surface area contributed by atoms with Crippen LogP contribution in [0.2, 0.25) is 0 Å². The maximum atomic E-state index is 11.8. The zero-order valence-electron chi connectivity index (χ0n) is 13.7. The maximum absolute atomic E-state index is 11.8. The summed E-state index contributed by atoms with van der Waals surface area (Å²) < 4.78 is 5.34. The predicted octanol–water partition coefficient (Wildman–Crippen LogP) is 2.01. The van der Waals surface area contributed by atoms with Crippen molar-refractivity contribution in [3.63, 3.8) is 0 Å². The van der Waals surface area contributed by atoms with E-state index in [-0.39, 0.29) is 12.5 Å². The van der Waals surface area contributed by atoms with E-state index in [2.05, 4.69) is 23.1 Å². The largest absolute Gasteiger partial charge is 0.484 e. The molecule has 24 heavy (non-hydrogen) atoms. The fraction of sp³-hybridized carbons (Fsp3) is 0.471. The zero-order chi connectivity index (χ0) is 17.4. The summed E-state index contributed by atoms with van der Waals surface area (Å²) in [5.41, 5.74) is 5.76. The Bertz CT molecular complexity index is 612. The summed E-state index contributed by atoms with van der Waals surface area (Å²) in [5, 5.41) is 12.4. The Hall–Kier alpha value is -2.33. The normalized spacial score (nSPS) is 19.7. The lowest BCUT2D eigenvalue weighted by atomic mass is 9.86. The van der Waals surface area contributed by atoms with Gasteiger partial charge in [0, 0.05) is 6.04 Å². The van der Waals surface area contributed by atoms with E-state index >= 15 is 0 Å². The van der Waals surface area contributed by atoms with E-state index in [0.29, 0.717) is 28.4 Å². The Labute approximate surface area is 147 Å². The van der Waals surface area contributed by atoms with E-state index in [1.807, 2.05) is 6.07 Å². The van der Waals surface area contributed by atoms with E-state index in [0.717, 1.165) is 6.42 Å². The van der Waals surface area contributed by atoms with Crippen LogP contribution in [-0.2, 0) is 4.79 Å². The van der Waals surface area contributed by atoms with Gasteiger partial charge < -0.3 is 10.1 Å². The molecule has 6 nitrogen and oxygen atoms in total. The van der Waals surface area contributed by atoms with Crippen LogP contribution >= 0.6 is 12.2 Å². The number of ether oxygens (including phenoxy) is 1. The minimum absolute atomic E-state index is 0.138. The second kappa shape index (κ2) is 9.08. The SMILES string of the molecule is C[C@H]1CCCC[C@@H]1NC(=S)NNC(=O)COc1ccc(C#N)cc1. The van der Waals surface area contributed by atoms with Gasteiger partial charge in [-0.1, -0.05) is 19.8 Å². The molecule has 0 spiro atoms. The number of hydrogen-bond acceptors (Lipinski definition) is 4. The van der Waals surface area contributed by atoms with Gasteiger partial charge in [0.1, 0.15) is 5.75 Å². The van der Waals surface area contributed by atoms with Gasteiger partial charge in [0.15, 0.2) is 11.7 Å². The summed E-state index contributed by atoms with van der Waals surface area (Å²) >= 11 is 5.20. The van der Waals surface area contributed by atoms with Crippen LogP contribution in [0, 0.1) is 17.2 Å². The fourth-order valence-electron chi connectivity index (χ4n) is 2.67. The van der Waals surface area contributed by atoms with Gasteiger partial charge in [-0.25, -0.2) is 0 Å². The third-order valence-corrected chi connectivity index (χ3v) is 4.32. The Kier molecular flexibility index (Phi) is 6.82. The van der Waals surface area contributed by atoms with Crippen LogP contribution in [0.5, 0.6) is 5.75 Å². The quantitative estimate of drug-likeness (QED) is 0.571. The number of rotatable bonds is 4. The van der Waals surface area contributed by atoms with Crippen LogP contribution < -0.4 is 20.9 Å². The number of carbonyl (C=O) groups excluding carboxylic acids is 1. The number of nitrogens with zero attached hydrogens (tertiary/aromatic N) is 1. The van der Waals surface area contributed by atoms with Gasteiger partial charge in [-0.15, -0.1) is 0 Å². The lowest BCUT2D eigenvalue weighted by Crippen LogP contribution is -2.52.